The molecule has 3 N–H and O–H groups in total. The molecule has 0 heterocycles. The second-order valence-electron chi connectivity index (χ2n) is 17.9. The molecule has 0 aromatic heterocycles. The van der Waals surface area contributed by atoms with Crippen molar-refractivity contribution >= 4 is 23.7 Å². The van der Waals surface area contributed by atoms with Gasteiger partial charge < -0.3 is 15.3 Å². The Morgan fingerprint density at radius 3 is 2.04 bits per heavy atom. The number of halogens is 1. The fourth-order valence-electron chi connectivity index (χ4n) is 12.9. The summed E-state index contributed by atoms with van der Waals surface area (Å²) in [6.07, 6.45) is 10.2. The molecule has 0 aromatic rings. The van der Waals surface area contributed by atoms with E-state index in [0.29, 0.717) is 25.7 Å². The minimum Gasteiger partial charge on any atom is -0.481 e. The molecule has 252 valence electrons. The molecular formula is C38H51FO7. The second kappa shape index (κ2) is 9.88. The first-order chi connectivity index (χ1) is 21.1. The molecular weight excluding hydrogens is 587 g/mol. The quantitative estimate of drug-likeness (QED) is 0.284. The number of ketones is 1. The van der Waals surface area contributed by atoms with Gasteiger partial charge in [0.25, 0.3) is 0 Å². The molecule has 6 rings (SSSR count). The molecule has 0 bridgehead atoms. The molecule has 10 atom stereocenters. The fourth-order valence-corrected chi connectivity index (χ4v) is 12.9. The maximum atomic E-state index is 14.7. The van der Waals surface area contributed by atoms with E-state index >= 15 is 0 Å². The number of carbonyl (C=O) groups is 4. The number of rotatable bonds is 4. The smallest absolute Gasteiger partial charge is 0.332 e. The lowest BCUT2D eigenvalue weighted by atomic mass is 9.32. The molecule has 8 heteroatoms. The van der Waals surface area contributed by atoms with Crippen molar-refractivity contribution in [3.05, 3.63) is 35.2 Å². The van der Waals surface area contributed by atoms with Gasteiger partial charge in [0.05, 0.1) is 11.0 Å². The van der Waals surface area contributed by atoms with E-state index in [0.717, 1.165) is 43.8 Å². The third-order valence-electron chi connectivity index (χ3n) is 15.7. The molecule has 0 amide bonds. The third kappa shape index (κ3) is 4.00. The normalized spacial score (nSPS) is 47.9. The van der Waals surface area contributed by atoms with Crippen LogP contribution in [0.2, 0.25) is 0 Å². The van der Waals surface area contributed by atoms with E-state index in [9.17, 15) is 38.9 Å². The van der Waals surface area contributed by atoms with E-state index in [1.54, 1.807) is 0 Å². The van der Waals surface area contributed by atoms with Crippen LogP contribution in [0.3, 0.4) is 0 Å². The summed E-state index contributed by atoms with van der Waals surface area (Å²) >= 11 is 0. The summed E-state index contributed by atoms with van der Waals surface area (Å²) in [6.45, 7) is 15.0. The monoisotopic (exact) mass is 638 g/mol. The number of fused-ring (bicyclic) bond motifs is 7. The van der Waals surface area contributed by atoms with Gasteiger partial charge in [0.2, 0.25) is 0 Å². The van der Waals surface area contributed by atoms with Crippen LogP contribution in [0.25, 0.3) is 0 Å². The van der Waals surface area contributed by atoms with E-state index in [2.05, 4.69) is 27.7 Å². The molecule has 46 heavy (non-hydrogen) atoms. The zero-order valence-corrected chi connectivity index (χ0v) is 28.5. The van der Waals surface area contributed by atoms with Crippen molar-refractivity contribution in [1.82, 2.24) is 0 Å². The number of carboxylic acid groups (broad SMARTS) is 3. The Morgan fingerprint density at radius 2 is 1.43 bits per heavy atom. The first kappa shape index (κ1) is 33.1. The summed E-state index contributed by atoms with van der Waals surface area (Å²) in [6, 6.07) is 0. The summed E-state index contributed by atoms with van der Waals surface area (Å²) in [5.41, 5.74) is -3.66. The lowest BCUT2D eigenvalue weighted by molar-refractivity contribution is -0.205. The Balaban J connectivity index is 1.42. The summed E-state index contributed by atoms with van der Waals surface area (Å²) in [7, 11) is 0. The van der Waals surface area contributed by atoms with E-state index in [1.165, 1.54) is 6.08 Å². The predicted octanol–water partition coefficient (Wildman–Crippen LogP) is 8.01. The molecule has 6 aliphatic carbocycles. The highest BCUT2D eigenvalue weighted by Crippen LogP contribution is 2.76. The van der Waals surface area contributed by atoms with Gasteiger partial charge in [-0.1, -0.05) is 47.1 Å². The van der Waals surface area contributed by atoms with Crippen molar-refractivity contribution in [1.29, 1.82) is 0 Å². The summed E-state index contributed by atoms with van der Waals surface area (Å²) < 4.78 is 14.4. The summed E-state index contributed by atoms with van der Waals surface area (Å²) in [5.74, 6) is -4.95. The highest BCUT2D eigenvalue weighted by Gasteiger charge is 2.72. The molecule has 0 aliphatic heterocycles. The van der Waals surface area contributed by atoms with Crippen LogP contribution in [0.5, 0.6) is 0 Å². The molecule has 7 nitrogen and oxygen atoms in total. The van der Waals surface area contributed by atoms with Gasteiger partial charge in [-0.2, -0.15) is 0 Å². The highest BCUT2D eigenvalue weighted by atomic mass is 19.1. The van der Waals surface area contributed by atoms with Gasteiger partial charge in [0.15, 0.2) is 5.78 Å². The number of carboxylic acids is 3. The van der Waals surface area contributed by atoms with Crippen LogP contribution in [0, 0.1) is 61.6 Å². The third-order valence-corrected chi connectivity index (χ3v) is 15.7. The number of hydrogen-bond acceptors (Lipinski definition) is 4. The molecule has 0 saturated heterocycles. The van der Waals surface area contributed by atoms with Crippen molar-refractivity contribution in [3.8, 4) is 0 Å². The van der Waals surface area contributed by atoms with Crippen molar-refractivity contribution in [2.24, 2.45) is 61.6 Å². The van der Waals surface area contributed by atoms with Gasteiger partial charge in [0.1, 0.15) is 11.2 Å². The van der Waals surface area contributed by atoms with Crippen LogP contribution in [-0.4, -0.2) is 39.0 Å². The lowest BCUT2D eigenvalue weighted by Crippen LogP contribution is -2.67. The van der Waals surface area contributed by atoms with Crippen molar-refractivity contribution < 1.29 is 38.9 Å². The van der Waals surface area contributed by atoms with Crippen LogP contribution >= 0.6 is 0 Å². The van der Waals surface area contributed by atoms with Gasteiger partial charge in [-0.3, -0.25) is 14.4 Å². The maximum absolute atomic E-state index is 14.7. The van der Waals surface area contributed by atoms with Crippen LogP contribution in [-0.2, 0) is 19.2 Å². The zero-order chi connectivity index (χ0) is 34.0. The van der Waals surface area contributed by atoms with Gasteiger partial charge in [-0.15, -0.1) is 0 Å². The first-order valence-corrected chi connectivity index (χ1v) is 17.2. The SMILES string of the molecule is CC1(C)[C@@H](C2(C(=O)O)CC=C(F)C=C2C(=O)O)CC[C@@]2(C)[C@@H]1CC[C@]1(C)[C@@H]2C(=O)C=C2[C@@H]3C[C@@](C)(C(=O)O)CC[C@]3(C)CC[C@]21C. The van der Waals surface area contributed by atoms with Crippen molar-refractivity contribution in [2.45, 2.75) is 113 Å². The van der Waals surface area contributed by atoms with Gasteiger partial charge in [-0.25, -0.2) is 9.18 Å². The standard InChI is InChI=1S/C38H51FO7/c1-32(2)26-10-12-37(7)28(35(26,5)11-9-27(32)38(31(45)46)13-8-21(39)18-23(38)29(41)42)25(40)19-22-24-20-34(4,30(43)44)15-14-33(24,3)16-17-36(22,37)6/h8,18-19,24,26-28H,9-17,20H2,1-7H3,(H,41,42)(H,43,44)(H,45,46)/t24-,26+,27-,28+,33+,34-,35-,36+,37+,38?/m0/s1. The minimum atomic E-state index is -1.77. The first-order valence-electron chi connectivity index (χ1n) is 17.2. The molecule has 4 saturated carbocycles. The number of hydrogen-bond donors (Lipinski definition) is 3. The summed E-state index contributed by atoms with van der Waals surface area (Å²) in [5, 5.41) is 31.0. The number of aliphatic carboxylic acids is 3. The molecule has 6 aliphatic rings. The van der Waals surface area contributed by atoms with Crippen LogP contribution in [0.4, 0.5) is 4.39 Å². The van der Waals surface area contributed by atoms with E-state index in [1.807, 2.05) is 26.8 Å². The average molecular weight is 639 g/mol. The van der Waals surface area contributed by atoms with E-state index in [4.69, 9.17) is 0 Å². The Kier molecular flexibility index (Phi) is 7.12. The van der Waals surface area contributed by atoms with Gasteiger partial charge in [-0.05, 0) is 134 Å². The van der Waals surface area contributed by atoms with Gasteiger partial charge >= 0.3 is 17.9 Å². The predicted molar refractivity (Wildman–Crippen MR) is 170 cm³/mol. The Hall–Kier alpha value is -2.77. The fraction of sp³-hybridized carbons (Fsp3) is 0.737. The van der Waals surface area contributed by atoms with Crippen molar-refractivity contribution in [3.63, 3.8) is 0 Å². The Morgan fingerprint density at radius 1 is 0.804 bits per heavy atom. The number of allylic oxidation sites excluding steroid dienone is 5. The molecule has 1 unspecified atom stereocenters. The second-order valence-corrected chi connectivity index (χ2v) is 17.9. The Bertz CT molecular complexity index is 1520. The van der Waals surface area contributed by atoms with Crippen LogP contribution < -0.4 is 0 Å². The molecule has 0 spiro atoms. The largest absolute Gasteiger partial charge is 0.481 e. The molecule has 0 aromatic carbocycles. The van der Waals surface area contributed by atoms with Crippen molar-refractivity contribution in [2.75, 3.05) is 0 Å². The number of carbonyl (C=O) groups excluding carboxylic acids is 1. The van der Waals surface area contributed by atoms with Gasteiger partial charge in [0, 0.05) is 5.92 Å². The van der Waals surface area contributed by atoms with Crippen LogP contribution in [0.1, 0.15) is 113 Å². The molecule has 0 radical (unpaired) electrons. The van der Waals surface area contributed by atoms with E-state index in [-0.39, 0.29) is 46.2 Å². The minimum absolute atomic E-state index is 0.0249. The zero-order valence-electron chi connectivity index (χ0n) is 28.5. The molecule has 4 fully saturated rings. The lowest BCUT2D eigenvalue weighted by Gasteiger charge is -2.71. The van der Waals surface area contributed by atoms with Crippen LogP contribution in [0.15, 0.2) is 35.2 Å². The average Bonchev–Trinajstić information content (AvgIpc) is 2.95. The highest BCUT2D eigenvalue weighted by molar-refractivity contribution is 5.98. The summed E-state index contributed by atoms with van der Waals surface area (Å²) in [4.78, 5) is 52.7. The van der Waals surface area contributed by atoms with E-state index < -0.39 is 56.9 Å². The Labute approximate surface area is 271 Å². The maximum Gasteiger partial charge on any atom is 0.332 e. The topological polar surface area (TPSA) is 129 Å².